The van der Waals surface area contributed by atoms with E-state index in [4.69, 9.17) is 5.11 Å². The third kappa shape index (κ3) is 3.07. The van der Waals surface area contributed by atoms with Crippen LogP contribution in [0.1, 0.15) is 37.0 Å². The average Bonchev–Trinajstić information content (AvgIpc) is 3.18. The Labute approximate surface area is 117 Å². The lowest BCUT2D eigenvalue weighted by Crippen LogP contribution is -2.32. The van der Waals surface area contributed by atoms with Gasteiger partial charge in [0.1, 0.15) is 5.56 Å². The van der Waals surface area contributed by atoms with Gasteiger partial charge in [0.2, 0.25) is 0 Å². The number of aromatic carboxylic acids is 1. The van der Waals surface area contributed by atoms with Crippen molar-refractivity contribution in [2.75, 3.05) is 11.4 Å². The van der Waals surface area contributed by atoms with Gasteiger partial charge in [-0.1, -0.05) is 0 Å². The second kappa shape index (κ2) is 5.48. The summed E-state index contributed by atoms with van der Waals surface area (Å²) in [5, 5.41) is 20.0. The maximum Gasteiger partial charge on any atom is 0.342 e. The Morgan fingerprint density at radius 2 is 2.15 bits per heavy atom. The van der Waals surface area contributed by atoms with Crippen LogP contribution in [0.4, 0.5) is 11.4 Å². The summed E-state index contributed by atoms with van der Waals surface area (Å²) in [5.41, 5.74) is 0.0916. The molecule has 0 bridgehead atoms. The summed E-state index contributed by atoms with van der Waals surface area (Å²) >= 11 is 0. The van der Waals surface area contributed by atoms with Gasteiger partial charge >= 0.3 is 5.97 Å². The maximum atomic E-state index is 11.0. The van der Waals surface area contributed by atoms with Crippen LogP contribution in [0.25, 0.3) is 0 Å². The molecule has 0 unspecified atom stereocenters. The van der Waals surface area contributed by atoms with Gasteiger partial charge < -0.3 is 10.0 Å². The lowest BCUT2D eigenvalue weighted by molar-refractivity contribution is -0.385. The van der Waals surface area contributed by atoms with E-state index in [0.29, 0.717) is 11.6 Å². The van der Waals surface area contributed by atoms with Crippen LogP contribution >= 0.6 is 0 Å². The molecule has 6 heteroatoms. The first-order valence-electron chi connectivity index (χ1n) is 6.68. The first kappa shape index (κ1) is 14.3. The molecule has 0 heterocycles. The van der Waals surface area contributed by atoms with E-state index >= 15 is 0 Å². The number of nitro groups is 1. The fourth-order valence-electron chi connectivity index (χ4n) is 2.22. The molecule has 20 heavy (non-hydrogen) atoms. The first-order valence-corrected chi connectivity index (χ1v) is 6.68. The second-order valence-corrected chi connectivity index (χ2v) is 5.45. The highest BCUT2D eigenvalue weighted by molar-refractivity contribution is 5.93. The molecule has 1 aromatic carbocycles. The Bertz CT molecular complexity index is 538. The maximum absolute atomic E-state index is 11.0. The number of nitrogens with zero attached hydrogens (tertiary/aromatic N) is 2. The molecule has 0 radical (unpaired) electrons. The number of carbonyl (C=O) groups is 1. The zero-order chi connectivity index (χ0) is 14.9. The number of nitro benzene ring substituents is 1. The average molecular weight is 278 g/mol. The van der Waals surface area contributed by atoms with E-state index in [1.165, 1.54) is 25.0 Å². The van der Waals surface area contributed by atoms with Gasteiger partial charge in [0.25, 0.3) is 5.69 Å². The molecule has 0 aliphatic heterocycles. The normalized spacial score (nSPS) is 14.3. The molecule has 2 rings (SSSR count). The third-order valence-corrected chi connectivity index (χ3v) is 3.52. The molecule has 1 N–H and O–H groups in total. The number of hydrogen-bond acceptors (Lipinski definition) is 4. The Balaban J connectivity index is 2.37. The minimum atomic E-state index is -1.28. The van der Waals surface area contributed by atoms with Gasteiger partial charge in [-0.2, -0.15) is 0 Å². The second-order valence-electron chi connectivity index (χ2n) is 5.45. The summed E-state index contributed by atoms with van der Waals surface area (Å²) in [6, 6.07) is 4.55. The zero-order valence-electron chi connectivity index (χ0n) is 11.6. The van der Waals surface area contributed by atoms with Gasteiger partial charge in [-0.3, -0.25) is 10.1 Å². The van der Waals surface area contributed by atoms with Gasteiger partial charge in [-0.05, 0) is 44.7 Å². The van der Waals surface area contributed by atoms with E-state index in [9.17, 15) is 14.9 Å². The van der Waals surface area contributed by atoms with Crippen molar-refractivity contribution in [3.05, 3.63) is 33.9 Å². The molecule has 0 aromatic heterocycles. The fourth-order valence-corrected chi connectivity index (χ4v) is 2.22. The van der Waals surface area contributed by atoms with Gasteiger partial charge in [0.05, 0.1) is 4.92 Å². The minimum Gasteiger partial charge on any atom is -0.477 e. The van der Waals surface area contributed by atoms with E-state index in [2.05, 4.69) is 4.90 Å². The molecule has 1 aliphatic rings. The molecular formula is C14H18N2O4. The van der Waals surface area contributed by atoms with E-state index < -0.39 is 10.9 Å². The van der Waals surface area contributed by atoms with E-state index in [1.54, 1.807) is 6.07 Å². The van der Waals surface area contributed by atoms with Crippen molar-refractivity contribution in [1.82, 2.24) is 0 Å². The van der Waals surface area contributed by atoms with Gasteiger partial charge in [-0.25, -0.2) is 4.79 Å². The monoisotopic (exact) mass is 278 g/mol. The molecule has 0 spiro atoms. The van der Waals surface area contributed by atoms with Crippen molar-refractivity contribution < 1.29 is 14.8 Å². The smallest absolute Gasteiger partial charge is 0.342 e. The van der Waals surface area contributed by atoms with Crippen LogP contribution in [0, 0.1) is 16.0 Å². The van der Waals surface area contributed by atoms with Crippen LogP contribution in [0.2, 0.25) is 0 Å². The molecule has 0 saturated heterocycles. The van der Waals surface area contributed by atoms with Crippen LogP contribution < -0.4 is 4.90 Å². The number of rotatable bonds is 6. The topological polar surface area (TPSA) is 83.7 Å². The zero-order valence-corrected chi connectivity index (χ0v) is 11.6. The van der Waals surface area contributed by atoms with Crippen LogP contribution in [-0.4, -0.2) is 28.6 Å². The molecular weight excluding hydrogens is 260 g/mol. The lowest BCUT2D eigenvalue weighted by Gasteiger charge is -2.29. The Hall–Kier alpha value is -2.11. The van der Waals surface area contributed by atoms with Crippen molar-refractivity contribution in [3.63, 3.8) is 0 Å². The SMILES string of the molecule is CC(C)N(CC1CC1)c1ccc(C(=O)O)c([N+](=O)[O-])c1. The summed E-state index contributed by atoms with van der Waals surface area (Å²) in [6.07, 6.45) is 2.39. The summed E-state index contributed by atoms with van der Waals surface area (Å²) in [5.74, 6) is -0.628. The Kier molecular flexibility index (Phi) is 3.92. The predicted molar refractivity (Wildman–Crippen MR) is 75.3 cm³/mol. The summed E-state index contributed by atoms with van der Waals surface area (Å²) < 4.78 is 0. The number of benzene rings is 1. The number of carboxylic acids is 1. The molecule has 1 aliphatic carbocycles. The van der Waals surface area contributed by atoms with Crippen molar-refractivity contribution >= 4 is 17.3 Å². The van der Waals surface area contributed by atoms with Crippen LogP contribution in [0.5, 0.6) is 0 Å². The summed E-state index contributed by atoms with van der Waals surface area (Å²) in [6.45, 7) is 4.92. The predicted octanol–water partition coefficient (Wildman–Crippen LogP) is 2.92. The summed E-state index contributed by atoms with van der Waals surface area (Å²) in [4.78, 5) is 23.5. The van der Waals surface area contributed by atoms with Crippen LogP contribution in [-0.2, 0) is 0 Å². The highest BCUT2D eigenvalue weighted by atomic mass is 16.6. The quantitative estimate of drug-likeness (QED) is 0.639. The van der Waals surface area contributed by atoms with Gasteiger partial charge in [0, 0.05) is 24.3 Å². The van der Waals surface area contributed by atoms with Crippen LogP contribution in [0.3, 0.4) is 0 Å². The number of hydrogen-bond donors (Lipinski definition) is 1. The van der Waals surface area contributed by atoms with Gasteiger partial charge in [-0.15, -0.1) is 0 Å². The van der Waals surface area contributed by atoms with Crippen molar-refractivity contribution in [2.45, 2.75) is 32.7 Å². The lowest BCUT2D eigenvalue weighted by atomic mass is 10.1. The first-order chi connectivity index (χ1) is 9.40. The van der Waals surface area contributed by atoms with E-state index in [-0.39, 0.29) is 17.3 Å². The van der Waals surface area contributed by atoms with Gasteiger partial charge in [0.15, 0.2) is 0 Å². The number of carboxylic acid groups (broad SMARTS) is 1. The third-order valence-electron chi connectivity index (χ3n) is 3.52. The highest BCUT2D eigenvalue weighted by Crippen LogP contribution is 2.34. The molecule has 1 aromatic rings. The number of anilines is 1. The molecule has 108 valence electrons. The molecule has 1 saturated carbocycles. The van der Waals surface area contributed by atoms with Crippen molar-refractivity contribution in [1.29, 1.82) is 0 Å². The van der Waals surface area contributed by atoms with E-state index in [0.717, 1.165) is 6.54 Å². The van der Waals surface area contributed by atoms with E-state index in [1.807, 2.05) is 13.8 Å². The fraction of sp³-hybridized carbons (Fsp3) is 0.500. The standard InChI is InChI=1S/C14H18N2O4/c1-9(2)15(8-10-3-4-10)11-5-6-12(14(17)18)13(7-11)16(19)20/h5-7,9-10H,3-4,8H2,1-2H3,(H,17,18). The molecule has 0 amide bonds. The molecule has 1 fully saturated rings. The van der Waals surface area contributed by atoms with Crippen molar-refractivity contribution in [2.24, 2.45) is 5.92 Å². The Morgan fingerprint density at radius 3 is 2.60 bits per heavy atom. The Morgan fingerprint density at radius 1 is 1.50 bits per heavy atom. The van der Waals surface area contributed by atoms with Crippen molar-refractivity contribution in [3.8, 4) is 0 Å². The highest BCUT2D eigenvalue weighted by Gasteiger charge is 2.27. The molecule has 6 nitrogen and oxygen atoms in total. The largest absolute Gasteiger partial charge is 0.477 e. The van der Waals surface area contributed by atoms with Crippen LogP contribution in [0.15, 0.2) is 18.2 Å². The summed E-state index contributed by atoms with van der Waals surface area (Å²) in [7, 11) is 0. The minimum absolute atomic E-state index is 0.214. The molecule has 0 atom stereocenters.